The SMILES string of the molecule is Cn1nccc1[C@H](Nc1cc(Cl)c2ncc(C#N)c(Nc3ccc(F)c(Cl)c3)c2c1)C1=CN(C2CCN(C(C)(C)C)CC2)NN1. The highest BCUT2D eigenvalue weighted by Gasteiger charge is 2.32. The van der Waals surface area contributed by atoms with Crippen LogP contribution >= 0.6 is 23.2 Å². The predicted octanol–water partition coefficient (Wildman–Crippen LogP) is 6.61. The monoisotopic (exact) mass is 648 g/mol. The number of anilines is 3. The molecule has 1 saturated heterocycles. The minimum absolute atomic E-state index is 0.0315. The molecule has 0 saturated carbocycles. The molecule has 6 rings (SSSR count). The van der Waals surface area contributed by atoms with Crippen LogP contribution in [0.4, 0.5) is 21.5 Å². The van der Waals surface area contributed by atoms with Gasteiger partial charge in [0.2, 0.25) is 0 Å². The molecule has 0 aliphatic carbocycles. The van der Waals surface area contributed by atoms with E-state index in [0.717, 1.165) is 37.3 Å². The number of aryl methyl sites for hydroxylation is 1. The third kappa shape index (κ3) is 6.37. The largest absolute Gasteiger partial charge is 0.371 e. The zero-order chi connectivity index (χ0) is 31.9. The number of pyridine rings is 1. The summed E-state index contributed by atoms with van der Waals surface area (Å²) >= 11 is 12.8. The first-order chi connectivity index (χ1) is 21.5. The van der Waals surface area contributed by atoms with Crippen LogP contribution in [-0.2, 0) is 7.05 Å². The Morgan fingerprint density at radius 1 is 1.09 bits per heavy atom. The molecule has 1 atom stereocenters. The van der Waals surface area contributed by atoms with E-state index >= 15 is 0 Å². The molecule has 0 amide bonds. The number of fused-ring (bicyclic) bond motifs is 1. The molecule has 4 heterocycles. The molecular weight excluding hydrogens is 614 g/mol. The van der Waals surface area contributed by atoms with Crippen LogP contribution in [0.3, 0.4) is 0 Å². The standard InChI is InChI=1S/C32H35Cl2FN10/c1-32(2,3)44-11-8-22(9-12-44)45-18-27(41-42-45)31(28-7-10-38-43(28)4)40-21-13-23-29(39-20-5-6-26(35)24(33)14-20)19(16-36)17-37-30(23)25(34)15-21/h5-7,10,13-15,17-18,22,31,40-42H,8-9,11-12H2,1-4H3,(H,37,39)/t31-/m1/s1. The summed E-state index contributed by atoms with van der Waals surface area (Å²) in [5.74, 6) is -0.531. The zero-order valence-corrected chi connectivity index (χ0v) is 27.0. The van der Waals surface area contributed by atoms with Gasteiger partial charge in [0, 0.05) is 67.1 Å². The topological polar surface area (TPSA) is 109 Å². The Morgan fingerprint density at radius 3 is 2.51 bits per heavy atom. The number of rotatable bonds is 7. The number of hydrogen-bond donors (Lipinski definition) is 4. The summed E-state index contributed by atoms with van der Waals surface area (Å²) in [5.41, 5.74) is 11.3. The molecule has 10 nitrogen and oxygen atoms in total. The van der Waals surface area contributed by atoms with E-state index in [-0.39, 0.29) is 16.6 Å². The second-order valence-electron chi connectivity index (χ2n) is 12.3. The van der Waals surface area contributed by atoms with Crippen molar-refractivity contribution in [2.75, 3.05) is 23.7 Å². The van der Waals surface area contributed by atoms with E-state index in [0.29, 0.717) is 44.6 Å². The Bertz CT molecular complexity index is 1800. The van der Waals surface area contributed by atoms with Crippen LogP contribution in [0.15, 0.2) is 60.7 Å². The lowest BCUT2D eigenvalue weighted by atomic mass is 9.98. The first-order valence-corrected chi connectivity index (χ1v) is 15.5. The minimum atomic E-state index is -0.531. The Balaban J connectivity index is 1.33. The van der Waals surface area contributed by atoms with Gasteiger partial charge in [-0.15, -0.1) is 5.53 Å². The second kappa shape index (κ2) is 12.4. The number of nitrogens with zero attached hydrogens (tertiary/aromatic N) is 6. The van der Waals surface area contributed by atoms with Crippen molar-refractivity contribution < 1.29 is 4.39 Å². The van der Waals surface area contributed by atoms with Crippen LogP contribution in [-0.4, -0.2) is 49.3 Å². The number of hydrazine groups is 2. The first kappa shape index (κ1) is 30.9. The van der Waals surface area contributed by atoms with Gasteiger partial charge in [-0.1, -0.05) is 23.2 Å². The lowest BCUT2D eigenvalue weighted by molar-refractivity contribution is 0.0570. The number of halogens is 3. The van der Waals surface area contributed by atoms with Crippen molar-refractivity contribution in [3.05, 3.63) is 87.8 Å². The van der Waals surface area contributed by atoms with Crippen LogP contribution in [0.2, 0.25) is 10.0 Å². The summed E-state index contributed by atoms with van der Waals surface area (Å²) in [5, 5.41) is 24.4. The number of piperidine rings is 1. The van der Waals surface area contributed by atoms with Crippen molar-refractivity contribution in [3.63, 3.8) is 0 Å². The molecule has 0 bridgehead atoms. The van der Waals surface area contributed by atoms with Gasteiger partial charge < -0.3 is 16.1 Å². The fourth-order valence-corrected chi connectivity index (χ4v) is 6.38. The Kier molecular flexibility index (Phi) is 8.50. The van der Waals surface area contributed by atoms with E-state index in [1.54, 1.807) is 12.3 Å². The van der Waals surface area contributed by atoms with Crippen LogP contribution in [0.1, 0.15) is 50.9 Å². The highest BCUT2D eigenvalue weighted by Crippen LogP contribution is 2.37. The smallest absolute Gasteiger partial charge is 0.141 e. The Labute approximate surface area is 271 Å². The molecule has 2 aromatic heterocycles. The van der Waals surface area contributed by atoms with E-state index in [2.05, 4.69) is 74.6 Å². The van der Waals surface area contributed by atoms with Crippen LogP contribution < -0.4 is 21.6 Å². The maximum Gasteiger partial charge on any atom is 0.141 e. The number of hydrogen-bond acceptors (Lipinski definition) is 9. The summed E-state index contributed by atoms with van der Waals surface area (Å²) in [7, 11) is 1.90. The average molecular weight is 650 g/mol. The average Bonchev–Trinajstić information content (AvgIpc) is 3.67. The summed E-state index contributed by atoms with van der Waals surface area (Å²) in [6.07, 6.45) is 7.43. The number of likely N-dealkylation sites (tertiary alicyclic amines) is 1. The lowest BCUT2D eigenvalue weighted by Gasteiger charge is -2.42. The maximum atomic E-state index is 13.9. The number of benzene rings is 2. The maximum absolute atomic E-state index is 13.9. The highest BCUT2D eigenvalue weighted by molar-refractivity contribution is 6.36. The number of nitrogens with one attached hydrogen (secondary N) is 4. The fraction of sp³-hybridized carbons (Fsp3) is 0.344. The van der Waals surface area contributed by atoms with Gasteiger partial charge in [0.15, 0.2) is 0 Å². The quantitative estimate of drug-likeness (QED) is 0.176. The molecular formula is C32H35Cl2FN10. The van der Waals surface area contributed by atoms with Gasteiger partial charge in [0.1, 0.15) is 17.9 Å². The van der Waals surface area contributed by atoms with Gasteiger partial charge in [0.05, 0.1) is 38.2 Å². The van der Waals surface area contributed by atoms with Crippen molar-refractivity contribution in [1.82, 2.24) is 35.6 Å². The van der Waals surface area contributed by atoms with Gasteiger partial charge in [0.25, 0.3) is 0 Å². The fourth-order valence-electron chi connectivity index (χ4n) is 5.93. The number of aromatic nitrogens is 3. The van der Waals surface area contributed by atoms with Crippen molar-refractivity contribution >= 4 is 51.2 Å². The summed E-state index contributed by atoms with van der Waals surface area (Å²) in [6, 6.07) is 12.2. The molecule has 1 fully saturated rings. The van der Waals surface area contributed by atoms with Crippen molar-refractivity contribution in [1.29, 1.82) is 5.26 Å². The summed E-state index contributed by atoms with van der Waals surface area (Å²) in [4.78, 5) is 6.99. The van der Waals surface area contributed by atoms with E-state index in [1.165, 1.54) is 18.3 Å². The number of nitriles is 1. The molecule has 13 heteroatoms. The lowest BCUT2D eigenvalue weighted by Crippen LogP contribution is -2.52. The molecule has 45 heavy (non-hydrogen) atoms. The normalized spacial score (nSPS) is 16.8. The van der Waals surface area contributed by atoms with Crippen LogP contribution in [0.5, 0.6) is 0 Å². The minimum Gasteiger partial charge on any atom is -0.371 e. The van der Waals surface area contributed by atoms with Crippen molar-refractivity contribution in [2.24, 2.45) is 7.05 Å². The van der Waals surface area contributed by atoms with Crippen LogP contribution in [0, 0.1) is 17.1 Å². The highest BCUT2D eigenvalue weighted by atomic mass is 35.5. The third-order valence-corrected chi connectivity index (χ3v) is 9.00. The third-order valence-electron chi connectivity index (χ3n) is 8.42. The predicted molar refractivity (Wildman–Crippen MR) is 176 cm³/mol. The Morgan fingerprint density at radius 2 is 1.84 bits per heavy atom. The molecule has 2 aliphatic rings. The Hall–Kier alpha value is -4.08. The summed E-state index contributed by atoms with van der Waals surface area (Å²) < 4.78 is 15.7. The van der Waals surface area contributed by atoms with Gasteiger partial charge >= 0.3 is 0 Å². The molecule has 2 aliphatic heterocycles. The molecule has 2 aromatic carbocycles. The molecule has 0 unspecified atom stereocenters. The molecule has 0 spiro atoms. The van der Waals surface area contributed by atoms with Gasteiger partial charge in [-0.2, -0.15) is 10.4 Å². The van der Waals surface area contributed by atoms with Gasteiger partial charge in [-0.25, -0.2) is 4.39 Å². The molecule has 4 N–H and O–H groups in total. The second-order valence-corrected chi connectivity index (χ2v) is 13.2. The van der Waals surface area contributed by atoms with Crippen molar-refractivity contribution in [2.45, 2.75) is 51.2 Å². The molecule has 234 valence electrons. The van der Waals surface area contributed by atoms with Gasteiger partial charge in [-0.05, 0) is 70.0 Å². The van der Waals surface area contributed by atoms with E-state index in [1.807, 2.05) is 29.9 Å². The van der Waals surface area contributed by atoms with E-state index < -0.39 is 5.82 Å². The van der Waals surface area contributed by atoms with Crippen LogP contribution in [0.25, 0.3) is 10.9 Å². The van der Waals surface area contributed by atoms with Crippen molar-refractivity contribution in [3.8, 4) is 6.07 Å². The van der Waals surface area contributed by atoms with E-state index in [9.17, 15) is 9.65 Å². The van der Waals surface area contributed by atoms with Gasteiger partial charge in [-0.3, -0.25) is 19.6 Å². The first-order valence-electron chi connectivity index (χ1n) is 14.8. The summed E-state index contributed by atoms with van der Waals surface area (Å²) in [6.45, 7) is 8.86. The van der Waals surface area contributed by atoms with E-state index in [4.69, 9.17) is 23.2 Å². The molecule has 4 aromatic rings. The molecule has 0 radical (unpaired) electrons. The zero-order valence-electron chi connectivity index (χ0n) is 25.5.